The lowest BCUT2D eigenvalue weighted by molar-refractivity contribution is -0.140. The Kier molecular flexibility index (Phi) is 5.71. The normalized spacial score (nSPS) is 11.8. The van der Waals surface area contributed by atoms with Crippen molar-refractivity contribution in [3.8, 4) is 5.75 Å². The summed E-state index contributed by atoms with van der Waals surface area (Å²) in [6.07, 6.45) is 3.88. The number of carbonyl (C=O) groups excluding carboxylic acids is 1. The number of H-pyrrole nitrogens is 2. The monoisotopic (exact) mass is 367 g/mol. The van der Waals surface area contributed by atoms with Crippen LogP contribution in [0.4, 0.5) is 0 Å². The minimum atomic E-state index is -0.450. The highest BCUT2D eigenvalue weighted by molar-refractivity contribution is 5.71. The number of hydrogen-bond donors (Lipinski definition) is 2. The van der Waals surface area contributed by atoms with Crippen LogP contribution in [-0.4, -0.2) is 35.4 Å². The van der Waals surface area contributed by atoms with Gasteiger partial charge >= 0.3 is 5.97 Å². The molecule has 2 heterocycles. The van der Waals surface area contributed by atoms with Gasteiger partial charge in [0.25, 0.3) is 5.56 Å². The van der Waals surface area contributed by atoms with Gasteiger partial charge in [-0.3, -0.25) is 19.7 Å². The number of nitrogens with zero attached hydrogens (tertiary/aromatic N) is 1. The number of aromatic nitrogens is 3. The summed E-state index contributed by atoms with van der Waals surface area (Å²) >= 11 is 0. The van der Waals surface area contributed by atoms with E-state index in [0.717, 1.165) is 22.6 Å². The number of benzene rings is 1. The van der Waals surface area contributed by atoms with Crippen LogP contribution in [0.15, 0.2) is 53.6 Å². The van der Waals surface area contributed by atoms with Crippen LogP contribution in [-0.2, 0) is 16.0 Å². The summed E-state index contributed by atoms with van der Waals surface area (Å²) in [6, 6.07) is 11.2. The van der Waals surface area contributed by atoms with Crippen molar-refractivity contribution < 1.29 is 14.3 Å². The van der Waals surface area contributed by atoms with Gasteiger partial charge < -0.3 is 14.6 Å². The summed E-state index contributed by atoms with van der Waals surface area (Å²) in [5.41, 5.74) is 2.78. The van der Waals surface area contributed by atoms with Crippen molar-refractivity contribution in [2.45, 2.75) is 18.8 Å². The zero-order valence-corrected chi connectivity index (χ0v) is 15.2. The van der Waals surface area contributed by atoms with Gasteiger partial charge in [0.1, 0.15) is 5.75 Å². The first-order valence-electron chi connectivity index (χ1n) is 8.51. The highest BCUT2D eigenvalue weighted by Gasteiger charge is 2.26. The molecule has 7 heteroatoms. The lowest BCUT2D eigenvalue weighted by Gasteiger charge is -2.16. The Bertz CT molecular complexity index is 945. The van der Waals surface area contributed by atoms with Gasteiger partial charge in [-0.25, -0.2) is 0 Å². The van der Waals surface area contributed by atoms with Crippen LogP contribution in [0.1, 0.15) is 34.7 Å². The third-order valence-electron chi connectivity index (χ3n) is 4.47. The van der Waals surface area contributed by atoms with Gasteiger partial charge in [0.15, 0.2) is 0 Å². The van der Waals surface area contributed by atoms with E-state index in [0.29, 0.717) is 12.0 Å². The molecule has 0 saturated carbocycles. The molecule has 1 aromatic carbocycles. The van der Waals surface area contributed by atoms with Gasteiger partial charge in [-0.05, 0) is 29.3 Å². The number of aromatic amines is 2. The highest BCUT2D eigenvalue weighted by atomic mass is 16.5. The van der Waals surface area contributed by atoms with Crippen molar-refractivity contribution in [3.05, 3.63) is 81.5 Å². The minimum absolute atomic E-state index is 0.0543. The van der Waals surface area contributed by atoms with Gasteiger partial charge in [0.05, 0.1) is 20.6 Å². The van der Waals surface area contributed by atoms with Crippen LogP contribution in [0.5, 0.6) is 5.75 Å². The summed E-state index contributed by atoms with van der Waals surface area (Å²) in [6.45, 7) is 0. The summed E-state index contributed by atoms with van der Waals surface area (Å²) in [7, 11) is 2.95. The SMILES string of the molecule is COC(=O)CC(c1cccnc1)c1c(Cc2ccc(OC)cc2)[nH][nH]c1=O. The topological polar surface area (TPSA) is 97.1 Å². The quantitative estimate of drug-likeness (QED) is 0.625. The van der Waals surface area contributed by atoms with E-state index in [1.54, 1.807) is 25.6 Å². The van der Waals surface area contributed by atoms with Crippen LogP contribution in [0.25, 0.3) is 0 Å². The van der Waals surface area contributed by atoms with E-state index in [-0.39, 0.29) is 17.9 Å². The third kappa shape index (κ3) is 4.25. The van der Waals surface area contributed by atoms with Crippen molar-refractivity contribution in [2.24, 2.45) is 0 Å². The van der Waals surface area contributed by atoms with E-state index in [9.17, 15) is 9.59 Å². The molecule has 0 aliphatic rings. The Morgan fingerprint density at radius 1 is 1.15 bits per heavy atom. The number of ether oxygens (including phenoxy) is 2. The average Bonchev–Trinajstić information content (AvgIpc) is 3.07. The predicted octanol–water partition coefficient (Wildman–Crippen LogP) is 2.39. The van der Waals surface area contributed by atoms with Gasteiger partial charge in [-0.2, -0.15) is 0 Å². The highest BCUT2D eigenvalue weighted by Crippen LogP contribution is 2.28. The Labute approximate surface area is 156 Å². The van der Waals surface area contributed by atoms with Gasteiger partial charge in [0, 0.05) is 36.0 Å². The maximum Gasteiger partial charge on any atom is 0.306 e. The maximum atomic E-state index is 12.5. The summed E-state index contributed by atoms with van der Waals surface area (Å²) in [5.74, 6) is -0.0743. The van der Waals surface area contributed by atoms with E-state index in [4.69, 9.17) is 9.47 Å². The molecule has 3 rings (SSSR count). The van der Waals surface area contributed by atoms with E-state index < -0.39 is 5.92 Å². The second-order valence-electron chi connectivity index (χ2n) is 6.12. The second-order valence-corrected chi connectivity index (χ2v) is 6.12. The van der Waals surface area contributed by atoms with Crippen LogP contribution < -0.4 is 10.3 Å². The summed E-state index contributed by atoms with van der Waals surface area (Å²) in [4.78, 5) is 28.6. The predicted molar refractivity (Wildman–Crippen MR) is 99.9 cm³/mol. The number of methoxy groups -OCH3 is 2. The number of rotatable bonds is 7. The molecule has 0 aliphatic carbocycles. The van der Waals surface area contributed by atoms with E-state index in [1.165, 1.54) is 7.11 Å². The van der Waals surface area contributed by atoms with Crippen molar-refractivity contribution in [1.29, 1.82) is 0 Å². The standard InChI is InChI=1S/C20H21N3O4/c1-26-15-7-5-13(6-8-15)10-17-19(20(25)23-22-17)16(11-18(24)27-2)14-4-3-9-21-12-14/h3-9,12,16H,10-11H2,1-2H3,(H2,22,23,25). The fourth-order valence-corrected chi connectivity index (χ4v) is 3.08. The summed E-state index contributed by atoms with van der Waals surface area (Å²) < 4.78 is 10.0. The van der Waals surface area contributed by atoms with Crippen molar-refractivity contribution in [1.82, 2.24) is 15.2 Å². The lowest BCUT2D eigenvalue weighted by Crippen LogP contribution is -2.18. The van der Waals surface area contributed by atoms with Crippen LogP contribution in [0.3, 0.4) is 0 Å². The molecular weight excluding hydrogens is 346 g/mol. The molecule has 2 N–H and O–H groups in total. The van der Waals surface area contributed by atoms with Crippen LogP contribution in [0.2, 0.25) is 0 Å². The zero-order chi connectivity index (χ0) is 19.2. The van der Waals surface area contributed by atoms with Crippen molar-refractivity contribution in [2.75, 3.05) is 14.2 Å². The van der Waals surface area contributed by atoms with Gasteiger partial charge in [-0.15, -0.1) is 0 Å². The Morgan fingerprint density at radius 2 is 1.93 bits per heavy atom. The summed E-state index contributed by atoms with van der Waals surface area (Å²) in [5, 5.41) is 5.60. The largest absolute Gasteiger partial charge is 0.497 e. The molecule has 7 nitrogen and oxygen atoms in total. The number of carbonyl (C=O) groups is 1. The van der Waals surface area contributed by atoms with Gasteiger partial charge in [0.2, 0.25) is 0 Å². The molecular formula is C20H21N3O4. The van der Waals surface area contributed by atoms with E-state index in [1.807, 2.05) is 30.3 Å². The molecule has 0 radical (unpaired) electrons. The molecule has 2 aromatic heterocycles. The first-order valence-corrected chi connectivity index (χ1v) is 8.51. The average molecular weight is 367 g/mol. The third-order valence-corrected chi connectivity index (χ3v) is 4.47. The molecule has 1 atom stereocenters. The molecule has 0 spiro atoms. The molecule has 0 bridgehead atoms. The molecule has 0 amide bonds. The molecule has 0 saturated heterocycles. The molecule has 27 heavy (non-hydrogen) atoms. The van der Waals surface area contributed by atoms with E-state index >= 15 is 0 Å². The fourth-order valence-electron chi connectivity index (χ4n) is 3.08. The Morgan fingerprint density at radius 3 is 2.56 bits per heavy atom. The fraction of sp³-hybridized carbons (Fsp3) is 0.250. The number of nitrogens with one attached hydrogen (secondary N) is 2. The Hall–Kier alpha value is -3.35. The van der Waals surface area contributed by atoms with Gasteiger partial charge in [-0.1, -0.05) is 18.2 Å². The Balaban J connectivity index is 1.98. The lowest BCUT2D eigenvalue weighted by atomic mass is 9.88. The van der Waals surface area contributed by atoms with Crippen LogP contribution in [0, 0.1) is 0 Å². The molecule has 140 valence electrons. The number of hydrogen-bond acceptors (Lipinski definition) is 5. The molecule has 0 aliphatic heterocycles. The molecule has 1 unspecified atom stereocenters. The minimum Gasteiger partial charge on any atom is -0.497 e. The molecule has 0 fully saturated rings. The second kappa shape index (κ2) is 8.35. The zero-order valence-electron chi connectivity index (χ0n) is 15.2. The molecule has 3 aromatic rings. The number of pyridine rings is 1. The van der Waals surface area contributed by atoms with Crippen LogP contribution >= 0.6 is 0 Å². The van der Waals surface area contributed by atoms with Crippen molar-refractivity contribution >= 4 is 5.97 Å². The number of esters is 1. The maximum absolute atomic E-state index is 12.5. The smallest absolute Gasteiger partial charge is 0.306 e. The van der Waals surface area contributed by atoms with E-state index in [2.05, 4.69) is 15.2 Å². The first kappa shape index (κ1) is 18.4. The first-order chi connectivity index (χ1) is 13.1. The van der Waals surface area contributed by atoms with Crippen molar-refractivity contribution in [3.63, 3.8) is 0 Å².